The lowest BCUT2D eigenvalue weighted by atomic mass is 9.86. The molecule has 1 heteroatoms. The molecule has 0 aliphatic heterocycles. The Bertz CT molecular complexity index is 372. The molecule has 0 aromatic heterocycles. The van der Waals surface area contributed by atoms with E-state index in [2.05, 4.69) is 50.5 Å². The molecule has 1 aromatic rings. The highest BCUT2D eigenvalue weighted by Gasteiger charge is 2.29. The lowest BCUT2D eigenvalue weighted by Crippen LogP contribution is -2.33. The van der Waals surface area contributed by atoms with E-state index in [0.717, 1.165) is 11.8 Å². The minimum Gasteiger partial charge on any atom is -0.316 e. The van der Waals surface area contributed by atoms with Crippen molar-refractivity contribution in [1.29, 1.82) is 0 Å². The lowest BCUT2D eigenvalue weighted by molar-refractivity contribution is 0.354. The van der Waals surface area contributed by atoms with Crippen molar-refractivity contribution in [3.8, 4) is 0 Å². The van der Waals surface area contributed by atoms with Crippen LogP contribution in [0.15, 0.2) is 24.3 Å². The van der Waals surface area contributed by atoms with Crippen molar-refractivity contribution in [3.05, 3.63) is 35.4 Å². The summed E-state index contributed by atoms with van der Waals surface area (Å²) in [4.78, 5) is 0. The molecule has 0 fully saturated rings. The van der Waals surface area contributed by atoms with Crippen molar-refractivity contribution in [1.82, 2.24) is 5.32 Å². The van der Waals surface area contributed by atoms with E-state index in [1.807, 2.05) is 0 Å². The highest BCUT2D eigenvalue weighted by atomic mass is 14.9. The second-order valence-corrected chi connectivity index (χ2v) is 5.87. The molecular weight excluding hydrogens is 218 g/mol. The first-order valence-electron chi connectivity index (χ1n) is 7.51. The smallest absolute Gasteiger partial charge is 0.0135 e. The number of likely N-dealkylation sites (N-methyl/N-ethyl adjacent to an activating group) is 1. The van der Waals surface area contributed by atoms with Gasteiger partial charge in [0.1, 0.15) is 0 Å². The molecule has 0 heterocycles. The number of aryl methyl sites for hydroxylation is 1. The molecule has 2 rings (SSSR count). The van der Waals surface area contributed by atoms with Crippen LogP contribution in [-0.2, 0) is 6.42 Å². The number of benzene rings is 1. The quantitative estimate of drug-likeness (QED) is 0.794. The summed E-state index contributed by atoms with van der Waals surface area (Å²) in [6.45, 7) is 4.68. The third-order valence-corrected chi connectivity index (χ3v) is 4.47. The van der Waals surface area contributed by atoms with Crippen LogP contribution in [0.4, 0.5) is 0 Å². The second-order valence-electron chi connectivity index (χ2n) is 5.87. The molecule has 1 N–H and O–H groups in total. The van der Waals surface area contributed by atoms with Gasteiger partial charge in [0.05, 0.1) is 0 Å². The molecule has 1 aliphatic carbocycles. The third-order valence-electron chi connectivity index (χ3n) is 4.47. The van der Waals surface area contributed by atoms with Gasteiger partial charge in [0.2, 0.25) is 0 Å². The van der Waals surface area contributed by atoms with Crippen molar-refractivity contribution in [3.63, 3.8) is 0 Å². The van der Waals surface area contributed by atoms with Crippen LogP contribution in [0.3, 0.4) is 0 Å². The summed E-state index contributed by atoms with van der Waals surface area (Å²) >= 11 is 0. The van der Waals surface area contributed by atoms with Crippen LogP contribution in [0.1, 0.15) is 56.6 Å². The second kappa shape index (κ2) is 6.38. The van der Waals surface area contributed by atoms with E-state index in [9.17, 15) is 0 Å². The third kappa shape index (κ3) is 2.95. The molecule has 18 heavy (non-hydrogen) atoms. The minimum absolute atomic E-state index is 0.648. The van der Waals surface area contributed by atoms with E-state index >= 15 is 0 Å². The Morgan fingerprint density at radius 2 is 2.11 bits per heavy atom. The monoisotopic (exact) mass is 245 g/mol. The first kappa shape index (κ1) is 13.6. The SMILES string of the molecule is CCCC(C)CC(NC)C1CCc2ccccc21. The standard InChI is InChI=1S/C17H27N/c1-4-7-13(2)12-17(18-3)16-11-10-14-8-5-6-9-15(14)16/h5-6,8-9,13,16-18H,4,7,10-12H2,1-3H3. The molecule has 0 saturated heterocycles. The van der Waals surface area contributed by atoms with Gasteiger partial charge >= 0.3 is 0 Å². The van der Waals surface area contributed by atoms with Crippen LogP contribution in [0.25, 0.3) is 0 Å². The van der Waals surface area contributed by atoms with Crippen molar-refractivity contribution >= 4 is 0 Å². The van der Waals surface area contributed by atoms with Crippen LogP contribution >= 0.6 is 0 Å². The van der Waals surface area contributed by atoms with Crippen molar-refractivity contribution in [2.45, 2.75) is 57.9 Å². The fraction of sp³-hybridized carbons (Fsp3) is 0.647. The summed E-state index contributed by atoms with van der Waals surface area (Å²) < 4.78 is 0. The van der Waals surface area contributed by atoms with E-state index in [-0.39, 0.29) is 0 Å². The summed E-state index contributed by atoms with van der Waals surface area (Å²) in [6.07, 6.45) is 6.56. The molecule has 3 atom stereocenters. The molecule has 3 unspecified atom stereocenters. The van der Waals surface area contributed by atoms with Gasteiger partial charge in [-0.15, -0.1) is 0 Å². The molecular formula is C17H27N. The summed E-state index contributed by atoms with van der Waals surface area (Å²) in [5.41, 5.74) is 3.17. The van der Waals surface area contributed by atoms with Crippen LogP contribution in [0, 0.1) is 5.92 Å². The number of fused-ring (bicyclic) bond motifs is 1. The average molecular weight is 245 g/mol. The molecule has 1 nitrogen and oxygen atoms in total. The first-order valence-corrected chi connectivity index (χ1v) is 7.51. The minimum atomic E-state index is 0.648. The van der Waals surface area contributed by atoms with Gasteiger partial charge in [-0.3, -0.25) is 0 Å². The largest absolute Gasteiger partial charge is 0.316 e. The molecule has 1 aliphatic rings. The Morgan fingerprint density at radius 1 is 1.33 bits per heavy atom. The van der Waals surface area contributed by atoms with Gasteiger partial charge in [-0.2, -0.15) is 0 Å². The number of nitrogens with one attached hydrogen (secondary N) is 1. The zero-order chi connectivity index (χ0) is 13.0. The van der Waals surface area contributed by atoms with Crippen LogP contribution in [-0.4, -0.2) is 13.1 Å². The lowest BCUT2D eigenvalue weighted by Gasteiger charge is -2.27. The van der Waals surface area contributed by atoms with Gasteiger partial charge in [0, 0.05) is 6.04 Å². The normalized spacial score (nSPS) is 21.6. The van der Waals surface area contributed by atoms with Gasteiger partial charge < -0.3 is 5.32 Å². The van der Waals surface area contributed by atoms with Gasteiger partial charge in [0.15, 0.2) is 0 Å². The number of hydrogen-bond acceptors (Lipinski definition) is 1. The number of rotatable bonds is 6. The zero-order valence-corrected chi connectivity index (χ0v) is 12.1. The first-order chi connectivity index (χ1) is 8.76. The summed E-state index contributed by atoms with van der Waals surface area (Å²) in [5.74, 6) is 1.56. The van der Waals surface area contributed by atoms with Gasteiger partial charge in [0.25, 0.3) is 0 Å². The van der Waals surface area contributed by atoms with Gasteiger partial charge in [-0.25, -0.2) is 0 Å². The van der Waals surface area contributed by atoms with E-state index in [4.69, 9.17) is 0 Å². The highest BCUT2D eigenvalue weighted by Crippen LogP contribution is 2.37. The highest BCUT2D eigenvalue weighted by molar-refractivity contribution is 5.36. The van der Waals surface area contributed by atoms with E-state index in [0.29, 0.717) is 6.04 Å². The maximum atomic E-state index is 3.57. The number of hydrogen-bond donors (Lipinski definition) is 1. The summed E-state index contributed by atoms with van der Waals surface area (Å²) in [7, 11) is 2.13. The molecule has 0 bridgehead atoms. The van der Waals surface area contributed by atoms with E-state index < -0.39 is 0 Å². The molecule has 0 spiro atoms. The fourth-order valence-corrected chi connectivity index (χ4v) is 3.54. The van der Waals surface area contributed by atoms with Gasteiger partial charge in [-0.1, -0.05) is 51.0 Å². The van der Waals surface area contributed by atoms with E-state index in [1.165, 1.54) is 32.1 Å². The van der Waals surface area contributed by atoms with E-state index in [1.54, 1.807) is 11.1 Å². The van der Waals surface area contributed by atoms with Crippen molar-refractivity contribution in [2.75, 3.05) is 7.05 Å². The molecule has 0 saturated carbocycles. The topological polar surface area (TPSA) is 12.0 Å². The predicted molar refractivity (Wildman–Crippen MR) is 79.0 cm³/mol. The maximum absolute atomic E-state index is 3.57. The molecule has 0 amide bonds. The van der Waals surface area contributed by atoms with Crippen LogP contribution in [0.2, 0.25) is 0 Å². The van der Waals surface area contributed by atoms with Crippen LogP contribution in [0.5, 0.6) is 0 Å². The Labute approximate surface area is 112 Å². The molecule has 1 aromatic carbocycles. The fourth-order valence-electron chi connectivity index (χ4n) is 3.54. The summed E-state index contributed by atoms with van der Waals surface area (Å²) in [6, 6.07) is 9.66. The average Bonchev–Trinajstić information content (AvgIpc) is 2.80. The Kier molecular flexibility index (Phi) is 4.82. The summed E-state index contributed by atoms with van der Waals surface area (Å²) in [5, 5.41) is 3.57. The Hall–Kier alpha value is -0.820. The Morgan fingerprint density at radius 3 is 2.83 bits per heavy atom. The Balaban J connectivity index is 2.06. The van der Waals surface area contributed by atoms with Gasteiger partial charge in [-0.05, 0) is 49.3 Å². The van der Waals surface area contributed by atoms with Crippen LogP contribution < -0.4 is 5.32 Å². The zero-order valence-electron chi connectivity index (χ0n) is 12.1. The van der Waals surface area contributed by atoms with Crippen molar-refractivity contribution < 1.29 is 0 Å². The maximum Gasteiger partial charge on any atom is 0.0135 e. The molecule has 0 radical (unpaired) electrons. The van der Waals surface area contributed by atoms with Crippen molar-refractivity contribution in [2.24, 2.45) is 5.92 Å². The predicted octanol–water partition coefficient (Wildman–Crippen LogP) is 4.13. The molecule has 100 valence electrons.